The summed E-state index contributed by atoms with van der Waals surface area (Å²) in [5.41, 5.74) is 5.12. The molecule has 3 rings (SSSR count). The smallest absolute Gasteiger partial charge is 0.311 e. The van der Waals surface area contributed by atoms with Crippen molar-refractivity contribution >= 4 is 11.8 Å². The number of aryl methyl sites for hydroxylation is 2. The molecule has 2 aromatic carbocycles. The zero-order chi connectivity index (χ0) is 27.8. The summed E-state index contributed by atoms with van der Waals surface area (Å²) in [6.07, 6.45) is 11.8. The maximum atomic E-state index is 12.5. The maximum absolute atomic E-state index is 12.5. The number of ether oxygens (including phenoxy) is 2. The standard InChI is InChI=1S/C34H48O4/c1-25-23-28(15-17-30(25)37-6)34(21-19-33(4,5)20-22-34)29-16-18-31(26(2)24-29)38-32(36)14-12-10-8-7-9-11-13-27(3)35/h15-18,23-24H,7-14,19-22H2,1-6H3. The minimum atomic E-state index is -0.155. The third-order valence-corrected chi connectivity index (χ3v) is 8.52. The van der Waals surface area contributed by atoms with E-state index >= 15 is 0 Å². The van der Waals surface area contributed by atoms with Gasteiger partial charge >= 0.3 is 5.97 Å². The number of carbonyl (C=O) groups is 2. The molecule has 0 heterocycles. The Hall–Kier alpha value is -2.62. The third kappa shape index (κ3) is 7.94. The van der Waals surface area contributed by atoms with Gasteiger partial charge in [0, 0.05) is 18.3 Å². The fourth-order valence-electron chi connectivity index (χ4n) is 5.86. The molecule has 1 aliphatic rings. The second-order valence-corrected chi connectivity index (χ2v) is 12.2. The third-order valence-electron chi connectivity index (χ3n) is 8.52. The van der Waals surface area contributed by atoms with Crippen LogP contribution in [0.15, 0.2) is 36.4 Å². The van der Waals surface area contributed by atoms with Crippen LogP contribution in [0.25, 0.3) is 0 Å². The fourth-order valence-corrected chi connectivity index (χ4v) is 5.86. The predicted molar refractivity (Wildman–Crippen MR) is 155 cm³/mol. The zero-order valence-electron chi connectivity index (χ0n) is 24.6. The molecule has 1 fully saturated rings. The van der Waals surface area contributed by atoms with E-state index in [9.17, 15) is 9.59 Å². The molecule has 0 bridgehead atoms. The van der Waals surface area contributed by atoms with Gasteiger partial charge in [-0.3, -0.25) is 4.79 Å². The Morgan fingerprint density at radius 3 is 1.74 bits per heavy atom. The van der Waals surface area contributed by atoms with Gasteiger partial charge in [-0.1, -0.05) is 63.8 Å². The molecule has 0 N–H and O–H groups in total. The summed E-state index contributed by atoms with van der Waals surface area (Å²) < 4.78 is 11.3. The van der Waals surface area contributed by atoms with Gasteiger partial charge in [-0.2, -0.15) is 0 Å². The Labute approximate surface area is 230 Å². The highest BCUT2D eigenvalue weighted by Gasteiger charge is 2.41. The molecule has 208 valence electrons. The second-order valence-electron chi connectivity index (χ2n) is 12.2. The number of carbonyl (C=O) groups excluding carboxylic acids is 2. The molecular weight excluding hydrogens is 472 g/mol. The minimum absolute atomic E-state index is 0.0513. The molecule has 0 radical (unpaired) electrons. The molecule has 2 aromatic rings. The molecule has 0 amide bonds. The quantitative estimate of drug-likeness (QED) is 0.150. The first-order valence-electron chi connectivity index (χ1n) is 14.5. The van der Waals surface area contributed by atoms with Crippen LogP contribution in [0.1, 0.15) is 120 Å². The molecule has 4 nitrogen and oxygen atoms in total. The van der Waals surface area contributed by atoms with Gasteiger partial charge in [0.15, 0.2) is 0 Å². The van der Waals surface area contributed by atoms with Crippen LogP contribution in [0.3, 0.4) is 0 Å². The van der Waals surface area contributed by atoms with E-state index in [1.54, 1.807) is 14.0 Å². The molecule has 0 aromatic heterocycles. The molecule has 1 aliphatic carbocycles. The highest BCUT2D eigenvalue weighted by atomic mass is 16.5. The molecule has 1 saturated carbocycles. The van der Waals surface area contributed by atoms with Crippen molar-refractivity contribution in [3.63, 3.8) is 0 Å². The van der Waals surface area contributed by atoms with Crippen molar-refractivity contribution < 1.29 is 19.1 Å². The van der Waals surface area contributed by atoms with Gasteiger partial charge in [-0.15, -0.1) is 0 Å². The number of unbranched alkanes of at least 4 members (excludes halogenated alkanes) is 5. The molecule has 0 unspecified atom stereocenters. The van der Waals surface area contributed by atoms with Crippen molar-refractivity contribution in [1.82, 2.24) is 0 Å². The van der Waals surface area contributed by atoms with Gasteiger partial charge in [-0.25, -0.2) is 0 Å². The van der Waals surface area contributed by atoms with Gasteiger partial charge in [0.2, 0.25) is 0 Å². The Kier molecular flexibility index (Phi) is 10.6. The van der Waals surface area contributed by atoms with Crippen molar-refractivity contribution in [2.24, 2.45) is 5.41 Å². The number of benzene rings is 2. The van der Waals surface area contributed by atoms with Crippen LogP contribution in [0.2, 0.25) is 0 Å². The van der Waals surface area contributed by atoms with E-state index in [2.05, 4.69) is 51.1 Å². The zero-order valence-corrected chi connectivity index (χ0v) is 24.6. The number of Topliss-reactive ketones (excluding diaryl/α,β-unsaturated/α-hetero) is 1. The number of esters is 1. The van der Waals surface area contributed by atoms with Crippen molar-refractivity contribution in [3.05, 3.63) is 58.7 Å². The minimum Gasteiger partial charge on any atom is -0.496 e. The number of methoxy groups -OCH3 is 1. The van der Waals surface area contributed by atoms with Crippen LogP contribution >= 0.6 is 0 Å². The lowest BCUT2D eigenvalue weighted by Gasteiger charge is -2.45. The van der Waals surface area contributed by atoms with E-state index in [4.69, 9.17) is 9.47 Å². The van der Waals surface area contributed by atoms with E-state index in [0.29, 0.717) is 24.0 Å². The first-order valence-corrected chi connectivity index (χ1v) is 14.5. The van der Waals surface area contributed by atoms with E-state index in [0.717, 1.165) is 68.2 Å². The summed E-state index contributed by atoms with van der Waals surface area (Å²) in [4.78, 5) is 23.6. The summed E-state index contributed by atoms with van der Waals surface area (Å²) in [5, 5.41) is 0. The van der Waals surface area contributed by atoms with Gasteiger partial charge < -0.3 is 14.3 Å². The molecule has 0 aliphatic heterocycles. The largest absolute Gasteiger partial charge is 0.496 e. The Morgan fingerprint density at radius 1 is 0.737 bits per heavy atom. The van der Waals surface area contributed by atoms with E-state index in [1.807, 2.05) is 13.0 Å². The molecule has 0 atom stereocenters. The van der Waals surface area contributed by atoms with Crippen LogP contribution in [-0.2, 0) is 15.0 Å². The molecule has 38 heavy (non-hydrogen) atoms. The Morgan fingerprint density at radius 2 is 1.24 bits per heavy atom. The lowest BCUT2D eigenvalue weighted by molar-refractivity contribution is -0.134. The summed E-state index contributed by atoms with van der Waals surface area (Å²) in [6, 6.07) is 13.0. The second kappa shape index (κ2) is 13.4. The predicted octanol–water partition coefficient (Wildman–Crippen LogP) is 8.81. The van der Waals surface area contributed by atoms with Crippen molar-refractivity contribution in [3.8, 4) is 11.5 Å². The van der Waals surface area contributed by atoms with Crippen LogP contribution in [0.4, 0.5) is 0 Å². The van der Waals surface area contributed by atoms with Crippen molar-refractivity contribution in [1.29, 1.82) is 0 Å². The molecule has 0 spiro atoms. The monoisotopic (exact) mass is 520 g/mol. The van der Waals surface area contributed by atoms with Crippen LogP contribution < -0.4 is 9.47 Å². The van der Waals surface area contributed by atoms with Crippen LogP contribution in [0.5, 0.6) is 11.5 Å². The normalized spacial score (nSPS) is 16.2. The van der Waals surface area contributed by atoms with Gasteiger partial charge in [0.05, 0.1) is 7.11 Å². The fraction of sp³-hybridized carbons (Fsp3) is 0.588. The lowest BCUT2D eigenvalue weighted by Crippen LogP contribution is -2.36. The molecule has 0 saturated heterocycles. The first-order chi connectivity index (χ1) is 18.1. The van der Waals surface area contributed by atoms with Gasteiger partial charge in [0.1, 0.15) is 17.3 Å². The van der Waals surface area contributed by atoms with Crippen molar-refractivity contribution in [2.75, 3.05) is 7.11 Å². The average Bonchev–Trinajstić information content (AvgIpc) is 2.87. The highest BCUT2D eigenvalue weighted by Crippen LogP contribution is 2.51. The number of hydrogen-bond donors (Lipinski definition) is 0. The Balaban J connectivity index is 1.65. The average molecular weight is 521 g/mol. The summed E-state index contributed by atoms with van der Waals surface area (Å²) in [5.74, 6) is 1.70. The van der Waals surface area contributed by atoms with E-state index < -0.39 is 0 Å². The van der Waals surface area contributed by atoms with E-state index in [-0.39, 0.29) is 17.2 Å². The number of hydrogen-bond acceptors (Lipinski definition) is 4. The van der Waals surface area contributed by atoms with Gasteiger partial charge in [0.25, 0.3) is 0 Å². The SMILES string of the molecule is COc1ccc(C2(c3ccc(OC(=O)CCCCCCCCC(C)=O)c(C)c3)CCC(C)(C)CC2)cc1C. The van der Waals surface area contributed by atoms with Gasteiger partial charge in [-0.05, 0) is 99.1 Å². The van der Waals surface area contributed by atoms with Crippen LogP contribution in [0, 0.1) is 19.3 Å². The number of rotatable bonds is 13. The summed E-state index contributed by atoms with van der Waals surface area (Å²) >= 11 is 0. The topological polar surface area (TPSA) is 52.6 Å². The summed E-state index contributed by atoms with van der Waals surface area (Å²) in [7, 11) is 1.73. The maximum Gasteiger partial charge on any atom is 0.311 e. The summed E-state index contributed by atoms with van der Waals surface area (Å²) in [6.45, 7) is 10.6. The number of ketones is 1. The molecule has 4 heteroatoms. The molecular formula is C34H48O4. The van der Waals surface area contributed by atoms with Crippen molar-refractivity contribution in [2.45, 2.75) is 117 Å². The Bertz CT molecular complexity index is 1090. The highest BCUT2D eigenvalue weighted by molar-refractivity contribution is 5.75. The first kappa shape index (κ1) is 29.9. The lowest BCUT2D eigenvalue weighted by atomic mass is 9.59. The van der Waals surface area contributed by atoms with E-state index in [1.165, 1.54) is 24.0 Å². The van der Waals surface area contributed by atoms with Crippen LogP contribution in [-0.4, -0.2) is 18.9 Å².